The number of fused-ring (bicyclic) bond motifs is 3. The summed E-state index contributed by atoms with van der Waals surface area (Å²) in [5.41, 5.74) is 9.34. The van der Waals surface area contributed by atoms with E-state index in [0.717, 1.165) is 61.9 Å². The molecule has 4 rings (SSSR count). The number of rotatable bonds is 4. The fourth-order valence-corrected chi connectivity index (χ4v) is 3.75. The smallest absolute Gasteiger partial charge is 0.152 e. The molecule has 2 N–H and O–H groups in total. The topological polar surface area (TPSA) is 66.0 Å². The zero-order chi connectivity index (χ0) is 16.5. The van der Waals surface area contributed by atoms with E-state index in [0.29, 0.717) is 11.7 Å². The Balaban J connectivity index is 1.91. The number of para-hydroxylation sites is 1. The summed E-state index contributed by atoms with van der Waals surface area (Å²) in [5, 5.41) is 7.17. The molecule has 0 amide bonds. The fraction of sp³-hybridized carbons (Fsp3) is 0.474. The molecule has 3 aromatic rings. The maximum atomic E-state index is 6.23. The Kier molecular flexibility index (Phi) is 4.10. The van der Waals surface area contributed by atoms with Gasteiger partial charge in [-0.3, -0.25) is 4.68 Å². The van der Waals surface area contributed by atoms with Crippen molar-refractivity contribution in [2.24, 2.45) is 5.92 Å². The van der Waals surface area contributed by atoms with Crippen LogP contribution in [0.25, 0.3) is 21.8 Å². The van der Waals surface area contributed by atoms with Crippen molar-refractivity contribution >= 4 is 27.6 Å². The summed E-state index contributed by atoms with van der Waals surface area (Å²) in [6.07, 6.45) is 4.34. The largest absolute Gasteiger partial charge is 0.382 e. The molecule has 0 radical (unpaired) electrons. The number of nitrogen functional groups attached to an aromatic ring is 1. The van der Waals surface area contributed by atoms with Gasteiger partial charge in [0.25, 0.3) is 0 Å². The van der Waals surface area contributed by atoms with Gasteiger partial charge in [-0.2, -0.15) is 5.10 Å². The molecule has 1 aromatic carbocycles. The maximum absolute atomic E-state index is 6.23. The highest BCUT2D eigenvalue weighted by molar-refractivity contribution is 6.09. The van der Waals surface area contributed by atoms with Crippen molar-refractivity contribution in [3.05, 3.63) is 30.0 Å². The molecule has 0 saturated carbocycles. The van der Waals surface area contributed by atoms with Crippen molar-refractivity contribution < 1.29 is 4.74 Å². The molecular weight excluding hydrogens is 300 g/mol. The van der Waals surface area contributed by atoms with Crippen LogP contribution >= 0.6 is 0 Å². The number of benzene rings is 1. The number of pyridine rings is 1. The molecular formula is C19H24N4O. The van der Waals surface area contributed by atoms with Crippen LogP contribution in [0.3, 0.4) is 0 Å². The molecule has 2 aromatic heterocycles. The van der Waals surface area contributed by atoms with E-state index in [9.17, 15) is 0 Å². The fourth-order valence-electron chi connectivity index (χ4n) is 3.75. The quantitative estimate of drug-likeness (QED) is 0.797. The van der Waals surface area contributed by atoms with Gasteiger partial charge in [-0.25, -0.2) is 4.98 Å². The van der Waals surface area contributed by atoms with E-state index in [1.165, 1.54) is 11.1 Å². The van der Waals surface area contributed by atoms with Gasteiger partial charge in [0.2, 0.25) is 0 Å². The van der Waals surface area contributed by atoms with Gasteiger partial charge in [-0.1, -0.05) is 25.1 Å². The Hall–Kier alpha value is -2.14. The molecule has 0 atom stereocenters. The van der Waals surface area contributed by atoms with Crippen molar-refractivity contribution in [3.8, 4) is 0 Å². The molecule has 0 aliphatic carbocycles. The van der Waals surface area contributed by atoms with Crippen molar-refractivity contribution in [1.82, 2.24) is 14.8 Å². The second-order valence-electron chi connectivity index (χ2n) is 6.67. The van der Waals surface area contributed by atoms with Crippen molar-refractivity contribution in [2.45, 2.75) is 39.2 Å². The molecule has 0 spiro atoms. The monoisotopic (exact) mass is 324 g/mol. The number of ether oxygens (including phenoxy) is 1. The second kappa shape index (κ2) is 6.40. The minimum absolute atomic E-state index is 0.534. The van der Waals surface area contributed by atoms with E-state index in [2.05, 4.69) is 28.7 Å². The van der Waals surface area contributed by atoms with Crippen LogP contribution in [0.4, 0.5) is 5.82 Å². The van der Waals surface area contributed by atoms with Crippen LogP contribution in [-0.2, 0) is 17.7 Å². The minimum Gasteiger partial charge on any atom is -0.382 e. The molecule has 0 bridgehead atoms. The van der Waals surface area contributed by atoms with Gasteiger partial charge in [0, 0.05) is 36.2 Å². The molecule has 5 nitrogen and oxygen atoms in total. The molecule has 0 unspecified atom stereocenters. The van der Waals surface area contributed by atoms with E-state index in [1.807, 2.05) is 12.1 Å². The molecule has 1 fully saturated rings. The SMILES string of the molecule is CCCn1nc2c(N)nc3ccccc3c2c1CC1CCOCC1. The van der Waals surface area contributed by atoms with Crippen molar-refractivity contribution in [1.29, 1.82) is 0 Å². The summed E-state index contributed by atoms with van der Waals surface area (Å²) >= 11 is 0. The van der Waals surface area contributed by atoms with Gasteiger partial charge < -0.3 is 10.5 Å². The van der Waals surface area contributed by atoms with E-state index in [1.54, 1.807) is 0 Å². The Labute approximate surface area is 141 Å². The first-order valence-electron chi connectivity index (χ1n) is 8.89. The summed E-state index contributed by atoms with van der Waals surface area (Å²) in [6.45, 7) is 4.84. The lowest BCUT2D eigenvalue weighted by Crippen LogP contribution is -2.19. The second-order valence-corrected chi connectivity index (χ2v) is 6.67. The average Bonchev–Trinajstić information content (AvgIpc) is 2.96. The molecule has 1 saturated heterocycles. The standard InChI is InChI=1S/C19H24N4O/c1-2-9-23-16(12-13-7-10-24-11-8-13)17-14-5-3-4-6-15(14)21-19(20)18(17)22-23/h3-6,13H,2,7-12H2,1H3,(H2,20,21). The van der Waals surface area contributed by atoms with Crippen molar-refractivity contribution in [3.63, 3.8) is 0 Å². The molecule has 5 heteroatoms. The van der Waals surface area contributed by atoms with Crippen LogP contribution < -0.4 is 5.73 Å². The average molecular weight is 324 g/mol. The lowest BCUT2D eigenvalue weighted by Gasteiger charge is -2.22. The Bertz CT molecular complexity index is 865. The number of aromatic nitrogens is 3. The summed E-state index contributed by atoms with van der Waals surface area (Å²) in [6, 6.07) is 8.24. The highest BCUT2D eigenvalue weighted by atomic mass is 16.5. The van der Waals surface area contributed by atoms with Crippen LogP contribution in [0, 0.1) is 5.92 Å². The third-order valence-electron chi connectivity index (χ3n) is 4.97. The van der Waals surface area contributed by atoms with Crippen LogP contribution in [-0.4, -0.2) is 28.0 Å². The molecule has 1 aliphatic heterocycles. The first-order chi connectivity index (χ1) is 11.8. The number of nitrogens with two attached hydrogens (primary N) is 1. The lowest BCUT2D eigenvalue weighted by atomic mass is 9.93. The van der Waals surface area contributed by atoms with Gasteiger partial charge in [-0.05, 0) is 37.7 Å². The van der Waals surface area contributed by atoms with Crippen LogP contribution in [0.15, 0.2) is 24.3 Å². The van der Waals surface area contributed by atoms with Gasteiger partial charge in [0.15, 0.2) is 5.82 Å². The molecule has 3 heterocycles. The first-order valence-corrected chi connectivity index (χ1v) is 8.89. The van der Waals surface area contributed by atoms with Gasteiger partial charge >= 0.3 is 0 Å². The maximum Gasteiger partial charge on any atom is 0.152 e. The number of anilines is 1. The summed E-state index contributed by atoms with van der Waals surface area (Å²) in [5.74, 6) is 1.19. The van der Waals surface area contributed by atoms with Crippen molar-refractivity contribution in [2.75, 3.05) is 18.9 Å². The lowest BCUT2D eigenvalue weighted by molar-refractivity contribution is 0.0660. The molecule has 24 heavy (non-hydrogen) atoms. The number of hydrogen-bond donors (Lipinski definition) is 1. The third kappa shape index (κ3) is 2.63. The molecule has 1 aliphatic rings. The summed E-state index contributed by atoms with van der Waals surface area (Å²) in [7, 11) is 0. The Morgan fingerprint density at radius 2 is 2.04 bits per heavy atom. The Morgan fingerprint density at radius 3 is 2.83 bits per heavy atom. The van der Waals surface area contributed by atoms with Crippen LogP contribution in [0.5, 0.6) is 0 Å². The minimum atomic E-state index is 0.534. The van der Waals surface area contributed by atoms with Gasteiger partial charge in [0.05, 0.1) is 5.52 Å². The third-order valence-corrected chi connectivity index (χ3v) is 4.97. The van der Waals surface area contributed by atoms with Crippen LogP contribution in [0.2, 0.25) is 0 Å². The highest BCUT2D eigenvalue weighted by Gasteiger charge is 2.22. The predicted octanol–water partition coefficient (Wildman–Crippen LogP) is 3.55. The van der Waals surface area contributed by atoms with E-state index in [-0.39, 0.29) is 0 Å². The first kappa shape index (κ1) is 15.4. The highest BCUT2D eigenvalue weighted by Crippen LogP contribution is 2.33. The molecule has 126 valence electrons. The van der Waals surface area contributed by atoms with E-state index < -0.39 is 0 Å². The number of aryl methyl sites for hydroxylation is 1. The normalized spacial score (nSPS) is 16.2. The predicted molar refractivity (Wildman–Crippen MR) is 97.0 cm³/mol. The van der Waals surface area contributed by atoms with Gasteiger partial charge in [0.1, 0.15) is 5.52 Å². The zero-order valence-corrected chi connectivity index (χ0v) is 14.2. The summed E-state index contributed by atoms with van der Waals surface area (Å²) < 4.78 is 7.68. The zero-order valence-electron chi connectivity index (χ0n) is 14.2. The van der Waals surface area contributed by atoms with E-state index in [4.69, 9.17) is 15.6 Å². The summed E-state index contributed by atoms with van der Waals surface area (Å²) in [4.78, 5) is 4.55. The van der Waals surface area contributed by atoms with E-state index >= 15 is 0 Å². The Morgan fingerprint density at radius 1 is 1.25 bits per heavy atom. The number of hydrogen-bond acceptors (Lipinski definition) is 4. The van der Waals surface area contributed by atoms with Gasteiger partial charge in [-0.15, -0.1) is 0 Å². The van der Waals surface area contributed by atoms with Crippen LogP contribution in [0.1, 0.15) is 31.9 Å². The number of nitrogens with zero attached hydrogens (tertiary/aromatic N) is 3.